The second-order valence-electron chi connectivity index (χ2n) is 4.51. The Hall–Kier alpha value is -1.20. The van der Waals surface area contributed by atoms with Crippen molar-refractivity contribution >= 4 is 19.7 Å². The van der Waals surface area contributed by atoms with Crippen molar-refractivity contribution in [1.82, 2.24) is 5.32 Å². The molecule has 3 nitrogen and oxygen atoms in total. The van der Waals surface area contributed by atoms with Gasteiger partial charge >= 0.3 is 0 Å². The van der Waals surface area contributed by atoms with Gasteiger partial charge in [-0.3, -0.25) is 0 Å². The standard InChI is InChI=1S/C14H17NO2S2/c1-11-6-8-14(9-7-11)19(16,17)18-10-13-5-3-4-12(2)15-13/h4-9,15H,3,10H2,1-2H3. The third-order valence-electron chi connectivity index (χ3n) is 2.83. The van der Waals surface area contributed by atoms with Gasteiger partial charge in [0, 0.05) is 17.1 Å². The minimum absolute atomic E-state index is 0.367. The van der Waals surface area contributed by atoms with E-state index in [1.807, 2.05) is 32.1 Å². The van der Waals surface area contributed by atoms with E-state index in [9.17, 15) is 8.42 Å². The monoisotopic (exact) mass is 295 g/mol. The predicted molar refractivity (Wildman–Crippen MR) is 80.4 cm³/mol. The molecule has 0 aromatic heterocycles. The molecule has 0 radical (unpaired) electrons. The summed E-state index contributed by atoms with van der Waals surface area (Å²) in [5.41, 5.74) is 3.09. The zero-order chi connectivity index (χ0) is 13.9. The summed E-state index contributed by atoms with van der Waals surface area (Å²) < 4.78 is 24.3. The summed E-state index contributed by atoms with van der Waals surface area (Å²) >= 11 is 0. The van der Waals surface area contributed by atoms with E-state index in [1.165, 1.54) is 0 Å². The second-order valence-corrected chi connectivity index (χ2v) is 8.43. The molecule has 0 saturated carbocycles. The molecule has 1 heterocycles. The van der Waals surface area contributed by atoms with E-state index in [0.717, 1.165) is 34.2 Å². The molecule has 5 heteroatoms. The van der Waals surface area contributed by atoms with Gasteiger partial charge in [0.1, 0.15) is 0 Å². The zero-order valence-electron chi connectivity index (χ0n) is 11.0. The SMILES string of the molecule is CC1=CCC=C(CSS(=O)(=O)c2ccc(C)cc2)N1. The lowest BCUT2D eigenvalue weighted by Crippen LogP contribution is -2.16. The molecule has 0 unspecified atom stereocenters. The van der Waals surface area contributed by atoms with Crippen LogP contribution in [-0.4, -0.2) is 14.2 Å². The van der Waals surface area contributed by atoms with E-state index in [0.29, 0.717) is 10.6 Å². The van der Waals surface area contributed by atoms with Crippen LogP contribution in [0.15, 0.2) is 52.7 Å². The molecule has 2 rings (SSSR count). The highest BCUT2D eigenvalue weighted by molar-refractivity contribution is 8.72. The van der Waals surface area contributed by atoms with Crippen LogP contribution in [0.3, 0.4) is 0 Å². The van der Waals surface area contributed by atoms with Crippen LogP contribution in [-0.2, 0) is 8.87 Å². The molecule has 102 valence electrons. The first-order valence-electron chi connectivity index (χ1n) is 6.06. The largest absolute Gasteiger partial charge is 0.362 e. The van der Waals surface area contributed by atoms with Crippen LogP contribution in [0, 0.1) is 6.92 Å². The molecule has 1 N–H and O–H groups in total. The molecule has 0 atom stereocenters. The number of aryl methyl sites for hydroxylation is 1. The fourth-order valence-electron chi connectivity index (χ4n) is 1.74. The smallest absolute Gasteiger partial charge is 0.230 e. The molecule has 19 heavy (non-hydrogen) atoms. The summed E-state index contributed by atoms with van der Waals surface area (Å²) in [7, 11) is -2.32. The number of nitrogens with one attached hydrogen (secondary N) is 1. The number of allylic oxidation sites excluding steroid dienone is 3. The normalized spacial score (nSPS) is 15.5. The molecule has 0 bridgehead atoms. The summed E-state index contributed by atoms with van der Waals surface area (Å²) in [6, 6.07) is 6.95. The van der Waals surface area contributed by atoms with Gasteiger partial charge in [-0.2, -0.15) is 0 Å². The van der Waals surface area contributed by atoms with Crippen molar-refractivity contribution in [2.24, 2.45) is 0 Å². The first-order chi connectivity index (χ1) is 8.97. The highest BCUT2D eigenvalue weighted by Gasteiger charge is 2.16. The molecule has 0 amide bonds. The Morgan fingerprint density at radius 3 is 2.47 bits per heavy atom. The third kappa shape index (κ3) is 3.88. The molecule has 0 aliphatic carbocycles. The molecule has 0 saturated heterocycles. The van der Waals surface area contributed by atoms with Crippen molar-refractivity contribution in [3.05, 3.63) is 53.4 Å². The van der Waals surface area contributed by atoms with Crippen molar-refractivity contribution in [1.29, 1.82) is 0 Å². The van der Waals surface area contributed by atoms with Gasteiger partial charge in [-0.05, 0) is 43.2 Å². The quantitative estimate of drug-likeness (QED) is 0.867. The van der Waals surface area contributed by atoms with Gasteiger partial charge < -0.3 is 5.32 Å². The molecular weight excluding hydrogens is 278 g/mol. The number of dihydropyridines is 1. The zero-order valence-corrected chi connectivity index (χ0v) is 12.6. The van der Waals surface area contributed by atoms with Gasteiger partial charge in [-0.1, -0.05) is 29.8 Å². The van der Waals surface area contributed by atoms with Crippen molar-refractivity contribution in [3.63, 3.8) is 0 Å². The maximum atomic E-state index is 12.2. The van der Waals surface area contributed by atoms with E-state index in [-0.39, 0.29) is 0 Å². The Bertz CT molecular complexity index is 613. The summed E-state index contributed by atoms with van der Waals surface area (Å²) in [6.45, 7) is 3.92. The van der Waals surface area contributed by atoms with E-state index >= 15 is 0 Å². The van der Waals surface area contributed by atoms with E-state index in [4.69, 9.17) is 0 Å². The van der Waals surface area contributed by atoms with Crippen molar-refractivity contribution in [2.45, 2.75) is 25.2 Å². The van der Waals surface area contributed by atoms with Crippen LogP contribution in [0.2, 0.25) is 0 Å². The summed E-state index contributed by atoms with van der Waals surface area (Å²) in [4.78, 5) is 0.367. The van der Waals surface area contributed by atoms with Gasteiger partial charge in [-0.25, -0.2) is 8.42 Å². The average Bonchev–Trinajstić information content (AvgIpc) is 2.37. The van der Waals surface area contributed by atoms with Crippen LogP contribution in [0.25, 0.3) is 0 Å². The van der Waals surface area contributed by atoms with Crippen LogP contribution in [0.4, 0.5) is 0 Å². The Balaban J connectivity index is 2.02. The van der Waals surface area contributed by atoms with Crippen LogP contribution in [0.1, 0.15) is 18.9 Å². The van der Waals surface area contributed by atoms with E-state index < -0.39 is 8.87 Å². The van der Waals surface area contributed by atoms with Gasteiger partial charge in [0.05, 0.1) is 4.90 Å². The Morgan fingerprint density at radius 1 is 1.16 bits per heavy atom. The molecular formula is C14H17NO2S2. The van der Waals surface area contributed by atoms with Gasteiger partial charge in [0.15, 0.2) is 0 Å². The van der Waals surface area contributed by atoms with Crippen molar-refractivity contribution in [3.8, 4) is 0 Å². The Labute approximate surface area is 118 Å². The van der Waals surface area contributed by atoms with Crippen molar-refractivity contribution < 1.29 is 8.42 Å². The second kappa shape index (κ2) is 5.84. The van der Waals surface area contributed by atoms with Crippen LogP contribution in [0.5, 0.6) is 0 Å². The Kier molecular flexibility index (Phi) is 4.37. The number of hydrogen-bond acceptors (Lipinski definition) is 4. The van der Waals surface area contributed by atoms with Crippen LogP contribution < -0.4 is 5.32 Å². The lowest BCUT2D eigenvalue weighted by Gasteiger charge is -2.15. The summed E-state index contributed by atoms with van der Waals surface area (Å²) in [5.74, 6) is 0.446. The summed E-state index contributed by atoms with van der Waals surface area (Å²) in [6.07, 6.45) is 4.95. The lowest BCUT2D eigenvalue weighted by molar-refractivity contribution is 0.610. The first kappa shape index (κ1) is 14.2. The van der Waals surface area contributed by atoms with Crippen molar-refractivity contribution in [2.75, 3.05) is 5.75 Å². The lowest BCUT2D eigenvalue weighted by atomic mass is 10.2. The topological polar surface area (TPSA) is 46.2 Å². The van der Waals surface area contributed by atoms with Gasteiger partial charge in [0.25, 0.3) is 0 Å². The minimum Gasteiger partial charge on any atom is -0.362 e. The number of benzene rings is 1. The third-order valence-corrected chi connectivity index (χ3v) is 6.28. The van der Waals surface area contributed by atoms with Gasteiger partial charge in [0.2, 0.25) is 8.87 Å². The fraction of sp³-hybridized carbons (Fsp3) is 0.286. The minimum atomic E-state index is -3.28. The Morgan fingerprint density at radius 2 is 1.84 bits per heavy atom. The predicted octanol–water partition coefficient (Wildman–Crippen LogP) is 3.20. The van der Waals surface area contributed by atoms with E-state index in [1.54, 1.807) is 12.1 Å². The maximum absolute atomic E-state index is 12.2. The van der Waals surface area contributed by atoms with E-state index in [2.05, 4.69) is 11.4 Å². The molecule has 0 fully saturated rings. The number of hydrogen-bond donors (Lipinski definition) is 1. The molecule has 1 aromatic carbocycles. The first-order valence-corrected chi connectivity index (χ1v) is 9.05. The van der Waals surface area contributed by atoms with Crippen LogP contribution >= 0.6 is 10.8 Å². The molecule has 1 aromatic rings. The molecule has 0 spiro atoms. The van der Waals surface area contributed by atoms with Gasteiger partial charge in [-0.15, -0.1) is 0 Å². The summed E-state index contributed by atoms with van der Waals surface area (Å²) in [5, 5.41) is 3.19. The number of rotatable bonds is 4. The highest BCUT2D eigenvalue weighted by atomic mass is 33.1. The highest BCUT2D eigenvalue weighted by Crippen LogP contribution is 2.25. The molecule has 1 aliphatic heterocycles. The average molecular weight is 295 g/mol. The fourth-order valence-corrected chi connectivity index (χ4v) is 4.41. The maximum Gasteiger partial charge on any atom is 0.230 e. The molecule has 1 aliphatic rings.